The van der Waals surface area contributed by atoms with Crippen molar-refractivity contribution in [3.05, 3.63) is 50.7 Å². The number of anilines is 1. The molecule has 0 saturated carbocycles. The number of carbonyl (C=O) groups excluding carboxylic acids is 1. The summed E-state index contributed by atoms with van der Waals surface area (Å²) in [4.78, 5) is 35.6. The molecule has 0 radical (unpaired) electrons. The largest absolute Gasteiger partial charge is 0.358 e. The number of carbonyl (C=O) groups is 1. The maximum atomic E-state index is 12.8. The van der Waals surface area contributed by atoms with E-state index < -0.39 is 0 Å². The van der Waals surface area contributed by atoms with E-state index in [0.717, 1.165) is 28.2 Å². The van der Waals surface area contributed by atoms with Gasteiger partial charge in [-0.25, -0.2) is 9.97 Å². The van der Waals surface area contributed by atoms with Crippen LogP contribution in [0.3, 0.4) is 0 Å². The number of rotatable bonds is 7. The SMILES string of the molecule is CCc1nc(CNC(=O)CCn2c(=O)c(N(C)C)nc3ccccc32)cs1. The average Bonchev–Trinajstić information content (AvgIpc) is 3.13. The van der Waals surface area contributed by atoms with Crippen LogP contribution in [0.4, 0.5) is 5.82 Å². The monoisotopic (exact) mass is 385 g/mol. The van der Waals surface area contributed by atoms with E-state index >= 15 is 0 Å². The minimum atomic E-state index is -0.196. The third kappa shape index (κ3) is 4.33. The molecule has 0 saturated heterocycles. The summed E-state index contributed by atoms with van der Waals surface area (Å²) in [5.74, 6) is 0.254. The Morgan fingerprint density at radius 3 is 2.74 bits per heavy atom. The quantitative estimate of drug-likeness (QED) is 0.674. The number of para-hydroxylation sites is 2. The Kier molecular flexibility index (Phi) is 5.85. The summed E-state index contributed by atoms with van der Waals surface area (Å²) in [6.07, 6.45) is 1.11. The van der Waals surface area contributed by atoms with E-state index in [1.165, 1.54) is 0 Å². The van der Waals surface area contributed by atoms with Crippen molar-refractivity contribution in [3.63, 3.8) is 0 Å². The standard InChI is InChI=1S/C19H23N5O2S/c1-4-17-21-13(12-27-17)11-20-16(25)9-10-24-15-8-6-5-7-14(15)22-18(19(24)26)23(2)3/h5-8,12H,4,9-11H2,1-3H3,(H,20,25). The van der Waals surface area contributed by atoms with Gasteiger partial charge in [-0.3, -0.25) is 9.59 Å². The molecule has 0 aliphatic rings. The molecule has 2 aromatic heterocycles. The normalized spacial score (nSPS) is 10.9. The third-order valence-corrected chi connectivity index (χ3v) is 5.23. The van der Waals surface area contributed by atoms with Crippen LogP contribution in [0.2, 0.25) is 0 Å². The lowest BCUT2D eigenvalue weighted by molar-refractivity contribution is -0.121. The first-order valence-corrected chi connectivity index (χ1v) is 9.74. The Balaban J connectivity index is 1.73. The summed E-state index contributed by atoms with van der Waals surface area (Å²) in [5.41, 5.74) is 2.13. The zero-order valence-corrected chi connectivity index (χ0v) is 16.5. The highest BCUT2D eigenvalue weighted by Gasteiger charge is 2.13. The summed E-state index contributed by atoms with van der Waals surface area (Å²) in [5, 5.41) is 5.90. The van der Waals surface area contributed by atoms with Crippen LogP contribution in [0.5, 0.6) is 0 Å². The zero-order valence-electron chi connectivity index (χ0n) is 15.7. The third-order valence-electron chi connectivity index (χ3n) is 4.19. The van der Waals surface area contributed by atoms with Crippen molar-refractivity contribution in [1.29, 1.82) is 0 Å². The van der Waals surface area contributed by atoms with Gasteiger partial charge in [0, 0.05) is 32.4 Å². The first kappa shape index (κ1) is 19.0. The van der Waals surface area contributed by atoms with Gasteiger partial charge in [0.15, 0.2) is 5.82 Å². The van der Waals surface area contributed by atoms with E-state index in [2.05, 4.69) is 22.2 Å². The van der Waals surface area contributed by atoms with E-state index in [1.807, 2.05) is 29.6 Å². The molecule has 27 heavy (non-hydrogen) atoms. The molecule has 0 spiro atoms. The lowest BCUT2D eigenvalue weighted by Gasteiger charge is -2.16. The zero-order chi connectivity index (χ0) is 19.4. The summed E-state index contributed by atoms with van der Waals surface area (Å²) < 4.78 is 1.62. The van der Waals surface area contributed by atoms with Gasteiger partial charge >= 0.3 is 0 Å². The predicted octanol–water partition coefficient (Wildman–Crippen LogP) is 2.19. The fourth-order valence-corrected chi connectivity index (χ4v) is 3.52. The van der Waals surface area contributed by atoms with Gasteiger partial charge in [0.1, 0.15) is 0 Å². The molecular weight excluding hydrogens is 362 g/mol. The lowest BCUT2D eigenvalue weighted by Crippen LogP contribution is -2.31. The predicted molar refractivity (Wildman–Crippen MR) is 108 cm³/mol. The summed E-state index contributed by atoms with van der Waals surface area (Å²) in [7, 11) is 3.57. The molecule has 0 bridgehead atoms. The molecule has 2 heterocycles. The van der Waals surface area contributed by atoms with Crippen LogP contribution < -0.4 is 15.8 Å². The van der Waals surface area contributed by atoms with Gasteiger partial charge in [0.05, 0.1) is 28.3 Å². The molecular formula is C19H23N5O2S. The Morgan fingerprint density at radius 1 is 1.26 bits per heavy atom. The second kappa shape index (κ2) is 8.30. The molecule has 1 N–H and O–H groups in total. The van der Waals surface area contributed by atoms with Crippen LogP contribution in [0.25, 0.3) is 11.0 Å². The highest BCUT2D eigenvalue weighted by molar-refractivity contribution is 7.09. The van der Waals surface area contributed by atoms with Crippen molar-refractivity contribution >= 4 is 34.1 Å². The number of fused-ring (bicyclic) bond motifs is 1. The smallest absolute Gasteiger partial charge is 0.293 e. The van der Waals surface area contributed by atoms with Crippen LogP contribution in [-0.4, -0.2) is 34.5 Å². The molecule has 1 amide bonds. The van der Waals surface area contributed by atoms with E-state index in [1.54, 1.807) is 34.9 Å². The first-order valence-electron chi connectivity index (χ1n) is 8.86. The van der Waals surface area contributed by atoms with Gasteiger partial charge in [-0.2, -0.15) is 0 Å². The molecule has 8 heteroatoms. The Hall–Kier alpha value is -2.74. The van der Waals surface area contributed by atoms with Gasteiger partial charge in [0.2, 0.25) is 5.91 Å². The number of hydrogen-bond acceptors (Lipinski definition) is 6. The molecule has 3 aromatic rings. The molecule has 0 unspecified atom stereocenters. The summed E-state index contributed by atoms with van der Waals surface area (Å²) in [6.45, 7) is 2.76. The van der Waals surface area contributed by atoms with E-state index in [-0.39, 0.29) is 17.9 Å². The summed E-state index contributed by atoms with van der Waals surface area (Å²) in [6, 6.07) is 7.46. The van der Waals surface area contributed by atoms with E-state index in [9.17, 15) is 9.59 Å². The van der Waals surface area contributed by atoms with E-state index in [4.69, 9.17) is 0 Å². The van der Waals surface area contributed by atoms with Gasteiger partial charge in [-0.1, -0.05) is 19.1 Å². The van der Waals surface area contributed by atoms with Gasteiger partial charge in [-0.15, -0.1) is 11.3 Å². The van der Waals surface area contributed by atoms with E-state index in [0.29, 0.717) is 18.9 Å². The number of aromatic nitrogens is 3. The number of amides is 1. The minimum absolute atomic E-state index is 0.111. The van der Waals surface area contributed by atoms with Gasteiger partial charge in [-0.05, 0) is 18.6 Å². The molecule has 0 aliphatic heterocycles. The number of benzene rings is 1. The van der Waals surface area contributed by atoms with Crippen LogP contribution in [-0.2, 0) is 24.3 Å². The highest BCUT2D eigenvalue weighted by atomic mass is 32.1. The highest BCUT2D eigenvalue weighted by Crippen LogP contribution is 2.14. The first-order chi connectivity index (χ1) is 13.0. The van der Waals surface area contributed by atoms with Crippen molar-refractivity contribution in [1.82, 2.24) is 19.9 Å². The molecule has 0 atom stereocenters. The molecule has 0 fully saturated rings. The fraction of sp³-hybridized carbons (Fsp3) is 0.368. The van der Waals surface area contributed by atoms with Crippen molar-refractivity contribution in [2.75, 3.05) is 19.0 Å². The van der Waals surface area contributed by atoms with Crippen molar-refractivity contribution in [3.8, 4) is 0 Å². The Labute approximate surface area is 161 Å². The van der Waals surface area contributed by atoms with Crippen LogP contribution in [0.15, 0.2) is 34.4 Å². The fourth-order valence-electron chi connectivity index (χ4n) is 2.78. The second-order valence-electron chi connectivity index (χ2n) is 6.39. The minimum Gasteiger partial charge on any atom is -0.358 e. The molecule has 142 valence electrons. The van der Waals surface area contributed by atoms with Crippen LogP contribution in [0, 0.1) is 0 Å². The van der Waals surface area contributed by atoms with Gasteiger partial charge < -0.3 is 14.8 Å². The Morgan fingerprint density at radius 2 is 2.04 bits per heavy atom. The number of thiazole rings is 1. The average molecular weight is 385 g/mol. The van der Waals surface area contributed by atoms with Gasteiger partial charge in [0.25, 0.3) is 5.56 Å². The molecule has 1 aromatic carbocycles. The van der Waals surface area contributed by atoms with Crippen LogP contribution in [0.1, 0.15) is 24.0 Å². The number of hydrogen-bond donors (Lipinski definition) is 1. The molecule has 0 aliphatic carbocycles. The number of nitrogens with zero attached hydrogens (tertiary/aromatic N) is 4. The number of aryl methyl sites for hydroxylation is 2. The van der Waals surface area contributed by atoms with Crippen molar-refractivity contribution < 1.29 is 4.79 Å². The molecule has 3 rings (SSSR count). The lowest BCUT2D eigenvalue weighted by atomic mass is 10.2. The molecule has 7 nitrogen and oxygen atoms in total. The summed E-state index contributed by atoms with van der Waals surface area (Å²) >= 11 is 1.60. The Bertz CT molecular complexity index is 1010. The maximum Gasteiger partial charge on any atom is 0.293 e. The second-order valence-corrected chi connectivity index (χ2v) is 7.33. The maximum absolute atomic E-state index is 12.8. The van der Waals surface area contributed by atoms with Crippen molar-refractivity contribution in [2.24, 2.45) is 0 Å². The number of nitrogens with one attached hydrogen (secondary N) is 1. The topological polar surface area (TPSA) is 80.1 Å². The van der Waals surface area contributed by atoms with Crippen molar-refractivity contribution in [2.45, 2.75) is 32.9 Å². The van der Waals surface area contributed by atoms with Crippen LogP contribution >= 0.6 is 11.3 Å².